The maximum absolute atomic E-state index is 11.5. The lowest BCUT2D eigenvalue weighted by atomic mass is 10.2. The molecule has 6 N–H and O–H groups in total. The van der Waals surface area contributed by atoms with E-state index in [2.05, 4.69) is 37.2 Å². The van der Waals surface area contributed by atoms with Crippen LogP contribution in [0.2, 0.25) is 0 Å². The Kier molecular flexibility index (Phi) is 10.2. The monoisotopic (exact) mass is 423 g/mol. The molecule has 0 fully saturated rings. The van der Waals surface area contributed by atoms with Gasteiger partial charge in [0.15, 0.2) is 0 Å². The Hall–Kier alpha value is -2.37. The number of alkyl halides is 1. The molecule has 0 rings (SSSR count). The van der Waals surface area contributed by atoms with Gasteiger partial charge in [0, 0.05) is 13.1 Å². The largest absolute Gasteiger partial charge is 0.465 e. The summed E-state index contributed by atoms with van der Waals surface area (Å²) in [6.07, 6.45) is -1.35. The Morgan fingerprint density at radius 1 is 0.760 bits per heavy atom. The number of carbonyl (C=O) groups is 5. The summed E-state index contributed by atoms with van der Waals surface area (Å²) in [7, 11) is 0. The van der Waals surface area contributed by atoms with Crippen LogP contribution in [0.1, 0.15) is 13.8 Å². The van der Waals surface area contributed by atoms with Crippen LogP contribution in [-0.2, 0) is 19.2 Å². The highest BCUT2D eigenvalue weighted by Gasteiger charge is 2.22. The highest BCUT2D eigenvalue weighted by Crippen LogP contribution is 2.14. The average Bonchev–Trinajstić information content (AvgIpc) is 2.51. The minimum absolute atomic E-state index is 0.196. The molecular weight excluding hydrogens is 402 g/mol. The van der Waals surface area contributed by atoms with Gasteiger partial charge in [-0.25, -0.2) is 4.79 Å². The third-order valence-corrected chi connectivity index (χ3v) is 2.93. The van der Waals surface area contributed by atoms with Gasteiger partial charge in [0.2, 0.25) is 23.6 Å². The van der Waals surface area contributed by atoms with Crippen molar-refractivity contribution in [2.45, 2.75) is 18.2 Å². The van der Waals surface area contributed by atoms with E-state index in [0.717, 1.165) is 0 Å². The summed E-state index contributed by atoms with van der Waals surface area (Å²) in [5.74, 6) is -1.96. The highest BCUT2D eigenvalue weighted by molar-refractivity contribution is 9.10. The molecule has 0 aliphatic rings. The normalized spacial score (nSPS) is 10.4. The van der Waals surface area contributed by atoms with Crippen LogP contribution in [0.15, 0.2) is 0 Å². The van der Waals surface area contributed by atoms with Crippen molar-refractivity contribution in [1.82, 2.24) is 26.6 Å². The van der Waals surface area contributed by atoms with E-state index in [9.17, 15) is 24.0 Å². The van der Waals surface area contributed by atoms with Crippen LogP contribution >= 0.6 is 15.9 Å². The van der Waals surface area contributed by atoms with Gasteiger partial charge in [-0.15, -0.1) is 0 Å². The number of hydrogen-bond donors (Lipinski definition) is 6. The van der Waals surface area contributed by atoms with Crippen LogP contribution in [0, 0.1) is 0 Å². The van der Waals surface area contributed by atoms with Gasteiger partial charge in [-0.05, 0) is 13.8 Å². The lowest BCUT2D eigenvalue weighted by Crippen LogP contribution is -2.45. The minimum atomic E-state index is -1.35. The van der Waals surface area contributed by atoms with Crippen LogP contribution in [0.3, 0.4) is 0 Å². The molecule has 142 valence electrons. The first-order valence-electron chi connectivity index (χ1n) is 7.26. The maximum Gasteiger partial charge on any atom is 0.405 e. The molecule has 0 heterocycles. The molecule has 0 aliphatic heterocycles. The first-order chi connectivity index (χ1) is 11.5. The Bertz CT molecular complexity index is 520. The molecule has 0 aromatic rings. The summed E-state index contributed by atoms with van der Waals surface area (Å²) >= 11 is 3.20. The zero-order chi connectivity index (χ0) is 19.5. The average molecular weight is 424 g/mol. The fourth-order valence-corrected chi connectivity index (χ4v) is 1.43. The molecule has 0 bridgehead atoms. The van der Waals surface area contributed by atoms with E-state index < -0.39 is 34.7 Å². The molecule has 0 aromatic carbocycles. The lowest BCUT2D eigenvalue weighted by Gasteiger charge is -2.15. The second kappa shape index (κ2) is 11.2. The maximum atomic E-state index is 11.5. The summed E-state index contributed by atoms with van der Waals surface area (Å²) in [5.41, 5.74) is 0. The molecule has 0 aliphatic carbocycles. The van der Waals surface area contributed by atoms with Crippen LogP contribution in [0.5, 0.6) is 0 Å². The van der Waals surface area contributed by atoms with Crippen LogP contribution in [-0.4, -0.2) is 71.9 Å². The van der Waals surface area contributed by atoms with Crippen LogP contribution in [0.4, 0.5) is 4.79 Å². The number of halogens is 1. The molecule has 0 unspecified atom stereocenters. The summed E-state index contributed by atoms with van der Waals surface area (Å²) in [4.78, 5) is 55.8. The van der Waals surface area contributed by atoms with E-state index in [4.69, 9.17) is 5.11 Å². The number of amides is 5. The predicted molar refractivity (Wildman–Crippen MR) is 91.1 cm³/mol. The van der Waals surface area contributed by atoms with Crippen LogP contribution < -0.4 is 26.6 Å². The fourth-order valence-electron chi connectivity index (χ4n) is 1.29. The fraction of sp³-hybridized carbons (Fsp3) is 0.615. The van der Waals surface area contributed by atoms with E-state index in [1.165, 1.54) is 0 Å². The Morgan fingerprint density at radius 2 is 1.16 bits per heavy atom. The number of carbonyl (C=O) groups excluding carboxylic acids is 4. The summed E-state index contributed by atoms with van der Waals surface area (Å²) in [6, 6.07) is 0. The SMILES string of the molecule is CC(C)(Br)C(=O)NCCNC(=O)CNC(=O)CNC(=O)CNC(=O)O. The molecule has 5 amide bonds. The quantitative estimate of drug-likeness (QED) is 0.174. The molecule has 0 radical (unpaired) electrons. The molecule has 0 aromatic heterocycles. The van der Waals surface area contributed by atoms with Gasteiger partial charge in [-0.3, -0.25) is 19.2 Å². The molecule has 0 spiro atoms. The second-order valence-electron chi connectivity index (χ2n) is 5.29. The molecular formula is C13H22BrN5O6. The van der Waals surface area contributed by atoms with Crippen molar-refractivity contribution in [2.24, 2.45) is 0 Å². The number of nitrogens with one attached hydrogen (secondary N) is 5. The van der Waals surface area contributed by atoms with E-state index in [1.54, 1.807) is 13.8 Å². The van der Waals surface area contributed by atoms with Gasteiger partial charge in [-0.1, -0.05) is 15.9 Å². The predicted octanol–water partition coefficient (Wildman–Crippen LogP) is -2.11. The Balaban J connectivity index is 3.77. The lowest BCUT2D eigenvalue weighted by molar-refractivity contribution is -0.127. The van der Waals surface area contributed by atoms with Crippen molar-refractivity contribution in [3.8, 4) is 0 Å². The molecule has 0 saturated carbocycles. The first-order valence-corrected chi connectivity index (χ1v) is 8.05. The third kappa shape index (κ3) is 12.7. The number of rotatable bonds is 10. The topological polar surface area (TPSA) is 166 Å². The zero-order valence-electron chi connectivity index (χ0n) is 13.9. The van der Waals surface area contributed by atoms with Crippen molar-refractivity contribution >= 4 is 45.7 Å². The van der Waals surface area contributed by atoms with Gasteiger partial charge in [0.05, 0.1) is 24.0 Å². The van der Waals surface area contributed by atoms with E-state index in [0.29, 0.717) is 0 Å². The minimum Gasteiger partial charge on any atom is -0.465 e. The van der Waals surface area contributed by atoms with Crippen molar-refractivity contribution in [3.63, 3.8) is 0 Å². The van der Waals surface area contributed by atoms with E-state index >= 15 is 0 Å². The number of hydrogen-bond acceptors (Lipinski definition) is 5. The van der Waals surface area contributed by atoms with Crippen molar-refractivity contribution in [2.75, 3.05) is 32.7 Å². The van der Waals surface area contributed by atoms with Gasteiger partial charge < -0.3 is 31.7 Å². The molecule has 0 saturated heterocycles. The van der Waals surface area contributed by atoms with Gasteiger partial charge in [-0.2, -0.15) is 0 Å². The number of carboxylic acid groups (broad SMARTS) is 1. The molecule has 12 heteroatoms. The standard InChI is InChI=1S/C13H22BrN5O6/c1-13(2,14)11(23)16-4-3-15-8(20)5-17-9(21)6-18-10(22)7-19-12(24)25/h19H,3-7H2,1-2H3,(H,15,20)(H,16,23)(H,17,21)(H,18,22)(H,24,25). The summed E-state index contributed by atoms with van der Waals surface area (Å²) < 4.78 is -0.699. The summed E-state index contributed by atoms with van der Waals surface area (Å²) in [6.45, 7) is 2.66. The molecule has 25 heavy (non-hydrogen) atoms. The van der Waals surface area contributed by atoms with Crippen molar-refractivity contribution in [1.29, 1.82) is 0 Å². The highest BCUT2D eigenvalue weighted by atomic mass is 79.9. The van der Waals surface area contributed by atoms with E-state index in [-0.39, 0.29) is 32.1 Å². The van der Waals surface area contributed by atoms with Crippen LogP contribution in [0.25, 0.3) is 0 Å². The van der Waals surface area contributed by atoms with Gasteiger partial charge >= 0.3 is 6.09 Å². The Labute approximate surface area is 152 Å². The van der Waals surface area contributed by atoms with E-state index in [1.807, 2.05) is 5.32 Å². The second-order valence-corrected chi connectivity index (χ2v) is 7.27. The first kappa shape index (κ1) is 22.6. The zero-order valence-corrected chi connectivity index (χ0v) is 15.5. The Morgan fingerprint density at radius 3 is 1.60 bits per heavy atom. The third-order valence-electron chi connectivity index (χ3n) is 2.57. The van der Waals surface area contributed by atoms with Crippen molar-refractivity contribution in [3.05, 3.63) is 0 Å². The van der Waals surface area contributed by atoms with Gasteiger partial charge in [0.1, 0.15) is 0 Å². The smallest absolute Gasteiger partial charge is 0.405 e. The van der Waals surface area contributed by atoms with Crippen molar-refractivity contribution < 1.29 is 29.1 Å². The summed E-state index contributed by atoms with van der Waals surface area (Å²) in [5, 5.41) is 19.7. The molecule has 0 atom stereocenters. The van der Waals surface area contributed by atoms with Gasteiger partial charge in [0.25, 0.3) is 0 Å². The molecule has 11 nitrogen and oxygen atoms in total.